The molecule has 0 saturated heterocycles. The molecular weight excluding hydrogens is 222 g/mol. The first-order valence-corrected chi connectivity index (χ1v) is 7.68. The van der Waals surface area contributed by atoms with Gasteiger partial charge in [-0.1, -0.05) is 12.2 Å². The maximum Gasteiger partial charge on any atom is 0.0672 e. The van der Waals surface area contributed by atoms with Crippen LogP contribution in [-0.2, 0) is 4.74 Å². The topological polar surface area (TPSA) is 21.3 Å². The van der Waals surface area contributed by atoms with E-state index in [0.717, 1.165) is 48.4 Å². The van der Waals surface area contributed by atoms with Gasteiger partial charge in [-0.05, 0) is 62.7 Å². The van der Waals surface area contributed by atoms with Crippen LogP contribution in [0.4, 0.5) is 0 Å². The fourth-order valence-corrected chi connectivity index (χ4v) is 4.80. The predicted molar refractivity (Wildman–Crippen MR) is 74.5 cm³/mol. The Morgan fingerprint density at radius 1 is 1.11 bits per heavy atom. The van der Waals surface area contributed by atoms with Crippen LogP contribution in [0.25, 0.3) is 0 Å². The summed E-state index contributed by atoms with van der Waals surface area (Å²) >= 11 is 0. The molecule has 0 radical (unpaired) electrons. The van der Waals surface area contributed by atoms with Gasteiger partial charge < -0.3 is 10.1 Å². The molecular formula is C16H27NO. The summed E-state index contributed by atoms with van der Waals surface area (Å²) in [6.45, 7) is 8.43. The third-order valence-corrected chi connectivity index (χ3v) is 5.20. The summed E-state index contributed by atoms with van der Waals surface area (Å²) in [5.74, 6) is 4.10. The summed E-state index contributed by atoms with van der Waals surface area (Å²) in [7, 11) is 0. The van der Waals surface area contributed by atoms with Crippen molar-refractivity contribution in [3.05, 3.63) is 12.2 Å². The Labute approximate surface area is 111 Å². The normalized spacial score (nSPS) is 41.3. The first kappa shape index (κ1) is 12.7. The fourth-order valence-electron chi connectivity index (χ4n) is 4.80. The molecule has 0 unspecified atom stereocenters. The lowest BCUT2D eigenvalue weighted by molar-refractivity contribution is -0.0157. The maximum absolute atomic E-state index is 5.58. The Morgan fingerprint density at radius 2 is 1.72 bits per heavy atom. The summed E-state index contributed by atoms with van der Waals surface area (Å²) in [6, 6.07) is 0.797. The molecule has 0 aromatic heterocycles. The summed E-state index contributed by atoms with van der Waals surface area (Å²) in [5, 5.41) is 3.78. The van der Waals surface area contributed by atoms with Crippen LogP contribution in [0.3, 0.4) is 0 Å². The lowest BCUT2D eigenvalue weighted by atomic mass is 9.54. The van der Waals surface area contributed by atoms with Gasteiger partial charge in [-0.25, -0.2) is 0 Å². The van der Waals surface area contributed by atoms with Gasteiger partial charge >= 0.3 is 0 Å². The van der Waals surface area contributed by atoms with Crippen LogP contribution < -0.4 is 5.32 Å². The first-order valence-electron chi connectivity index (χ1n) is 7.68. The Hall–Kier alpha value is -0.340. The largest absolute Gasteiger partial charge is 0.376 e. The summed E-state index contributed by atoms with van der Waals surface area (Å²) < 4.78 is 5.58. The molecule has 102 valence electrons. The van der Waals surface area contributed by atoms with Crippen molar-refractivity contribution < 1.29 is 4.74 Å². The van der Waals surface area contributed by atoms with E-state index in [1.807, 2.05) is 6.92 Å². The minimum absolute atomic E-state index is 0.712. The van der Waals surface area contributed by atoms with Crippen molar-refractivity contribution >= 4 is 0 Å². The fraction of sp³-hybridized carbons (Fsp3) is 0.875. The van der Waals surface area contributed by atoms with Crippen molar-refractivity contribution in [2.75, 3.05) is 19.8 Å². The molecule has 0 atom stereocenters. The summed E-state index contributed by atoms with van der Waals surface area (Å²) in [5.41, 5.74) is 1.12. The van der Waals surface area contributed by atoms with Gasteiger partial charge in [0.15, 0.2) is 0 Å². The van der Waals surface area contributed by atoms with Gasteiger partial charge in [-0.2, -0.15) is 0 Å². The molecule has 18 heavy (non-hydrogen) atoms. The molecule has 0 spiro atoms. The lowest BCUT2D eigenvalue weighted by Gasteiger charge is -2.54. The van der Waals surface area contributed by atoms with Crippen molar-refractivity contribution in [3.63, 3.8) is 0 Å². The molecule has 4 aliphatic rings. The van der Waals surface area contributed by atoms with E-state index in [2.05, 4.69) is 11.9 Å². The number of nitrogens with one attached hydrogen (secondary N) is 1. The van der Waals surface area contributed by atoms with Crippen LogP contribution in [0.5, 0.6) is 0 Å². The molecule has 2 nitrogen and oxygen atoms in total. The van der Waals surface area contributed by atoms with E-state index in [1.54, 1.807) is 6.42 Å². The number of hydrogen-bond donors (Lipinski definition) is 1. The van der Waals surface area contributed by atoms with Crippen LogP contribution >= 0.6 is 0 Å². The van der Waals surface area contributed by atoms with E-state index < -0.39 is 0 Å². The molecule has 4 rings (SSSR count). The van der Waals surface area contributed by atoms with Gasteiger partial charge in [0.1, 0.15) is 0 Å². The van der Waals surface area contributed by atoms with Crippen molar-refractivity contribution in [3.8, 4) is 0 Å². The maximum atomic E-state index is 5.58. The number of ether oxygens (including phenoxy) is 1. The minimum Gasteiger partial charge on any atom is -0.376 e. The highest BCUT2D eigenvalue weighted by atomic mass is 16.5. The van der Waals surface area contributed by atoms with Crippen LogP contribution in [-0.4, -0.2) is 25.8 Å². The molecule has 4 fully saturated rings. The highest BCUT2D eigenvalue weighted by Crippen LogP contribution is 2.53. The highest BCUT2D eigenvalue weighted by molar-refractivity contribution is 5.01. The highest BCUT2D eigenvalue weighted by Gasteiger charge is 2.47. The zero-order valence-electron chi connectivity index (χ0n) is 11.7. The Morgan fingerprint density at radius 3 is 2.28 bits per heavy atom. The second-order valence-electron chi connectivity index (χ2n) is 6.92. The van der Waals surface area contributed by atoms with Crippen LogP contribution in [0, 0.1) is 23.7 Å². The molecule has 2 heteroatoms. The van der Waals surface area contributed by atoms with Crippen molar-refractivity contribution in [2.24, 2.45) is 23.7 Å². The monoisotopic (exact) mass is 249 g/mol. The molecule has 0 aromatic rings. The molecule has 0 heterocycles. The van der Waals surface area contributed by atoms with E-state index in [9.17, 15) is 0 Å². The van der Waals surface area contributed by atoms with Gasteiger partial charge in [0.2, 0.25) is 0 Å². The molecule has 0 aliphatic heterocycles. The van der Waals surface area contributed by atoms with Crippen molar-refractivity contribution in [1.29, 1.82) is 0 Å². The second kappa shape index (κ2) is 5.34. The predicted octanol–water partition coefficient (Wildman–Crippen LogP) is 2.99. The van der Waals surface area contributed by atoms with E-state index in [1.165, 1.54) is 25.7 Å². The quantitative estimate of drug-likeness (QED) is 0.577. The number of rotatable bonds is 6. The second-order valence-corrected chi connectivity index (χ2v) is 6.92. The number of hydrogen-bond acceptors (Lipinski definition) is 2. The molecule has 1 N–H and O–H groups in total. The molecule has 4 saturated carbocycles. The van der Waals surface area contributed by atoms with E-state index >= 15 is 0 Å². The van der Waals surface area contributed by atoms with Gasteiger partial charge in [-0.3, -0.25) is 0 Å². The zero-order chi connectivity index (χ0) is 12.5. The first-order chi connectivity index (χ1) is 8.72. The third kappa shape index (κ3) is 2.65. The average Bonchev–Trinajstić information content (AvgIpc) is 2.30. The SMILES string of the molecule is C=C(C)COCCNC1C2CC3CC(C2)CC1C3. The lowest BCUT2D eigenvalue weighted by Crippen LogP contribution is -2.55. The minimum atomic E-state index is 0.712. The molecule has 0 aromatic carbocycles. The van der Waals surface area contributed by atoms with Gasteiger partial charge in [0.25, 0.3) is 0 Å². The standard InChI is InChI=1S/C16H27NO/c1-11(2)10-18-4-3-17-16-14-6-12-5-13(8-14)9-15(16)7-12/h12-17H,1,3-10H2,2H3. The Bertz CT molecular complexity index is 284. The summed E-state index contributed by atoms with van der Waals surface area (Å²) in [6.07, 6.45) is 7.53. The van der Waals surface area contributed by atoms with Gasteiger partial charge in [0, 0.05) is 12.6 Å². The third-order valence-electron chi connectivity index (χ3n) is 5.20. The zero-order valence-corrected chi connectivity index (χ0v) is 11.7. The van der Waals surface area contributed by atoms with Crippen molar-refractivity contribution in [1.82, 2.24) is 5.32 Å². The van der Waals surface area contributed by atoms with E-state index in [4.69, 9.17) is 4.74 Å². The Balaban J connectivity index is 1.42. The molecule has 4 bridgehead atoms. The van der Waals surface area contributed by atoms with E-state index in [0.29, 0.717) is 6.61 Å². The van der Waals surface area contributed by atoms with E-state index in [-0.39, 0.29) is 0 Å². The van der Waals surface area contributed by atoms with Crippen LogP contribution in [0.15, 0.2) is 12.2 Å². The van der Waals surface area contributed by atoms with Gasteiger partial charge in [0.05, 0.1) is 13.2 Å². The smallest absolute Gasteiger partial charge is 0.0672 e. The molecule has 0 amide bonds. The average molecular weight is 249 g/mol. The van der Waals surface area contributed by atoms with Crippen LogP contribution in [0.1, 0.15) is 39.0 Å². The van der Waals surface area contributed by atoms with Gasteiger partial charge in [-0.15, -0.1) is 0 Å². The summed E-state index contributed by atoms with van der Waals surface area (Å²) in [4.78, 5) is 0. The molecule has 4 aliphatic carbocycles. The van der Waals surface area contributed by atoms with Crippen LogP contribution in [0.2, 0.25) is 0 Å². The van der Waals surface area contributed by atoms with Crippen molar-refractivity contribution in [2.45, 2.75) is 45.1 Å². The Kier molecular flexibility index (Phi) is 3.76.